The molecule has 162 valence electrons. The SMILES string of the molecule is CCOC(=O)C[N+]1(C)CC[C@@H](OC(=O)[C@](O)(c2ccccc2)C2CCCC2)C1.[Br-]. The second kappa shape index (κ2) is 10.0. The molecule has 0 bridgehead atoms. The Morgan fingerprint density at radius 3 is 2.45 bits per heavy atom. The van der Waals surface area contributed by atoms with Crippen molar-refractivity contribution >= 4 is 11.9 Å². The molecule has 1 aromatic rings. The first kappa shape index (κ1) is 23.8. The zero-order valence-corrected chi connectivity index (χ0v) is 18.9. The van der Waals surface area contributed by atoms with Crippen LogP contribution in [0.4, 0.5) is 0 Å². The van der Waals surface area contributed by atoms with Crippen LogP contribution in [0.2, 0.25) is 0 Å². The topological polar surface area (TPSA) is 72.8 Å². The molecule has 3 rings (SSSR count). The molecule has 6 nitrogen and oxygen atoms in total. The molecule has 3 atom stereocenters. The number of nitrogens with zero attached hydrogens (tertiary/aromatic N) is 1. The molecule has 0 aromatic heterocycles. The lowest BCUT2D eigenvalue weighted by Crippen LogP contribution is -3.00. The van der Waals surface area contributed by atoms with Crippen molar-refractivity contribution in [3.63, 3.8) is 0 Å². The lowest BCUT2D eigenvalue weighted by molar-refractivity contribution is -0.891. The Kier molecular flexibility index (Phi) is 8.26. The molecule has 1 saturated heterocycles. The number of halogens is 1. The molecule has 1 aromatic carbocycles. The predicted octanol–water partition coefficient (Wildman–Crippen LogP) is -0.606. The Morgan fingerprint density at radius 1 is 1.17 bits per heavy atom. The average Bonchev–Trinajstić information content (AvgIpc) is 3.32. The second-order valence-electron chi connectivity index (χ2n) is 8.42. The number of esters is 2. The van der Waals surface area contributed by atoms with Crippen molar-refractivity contribution in [1.82, 2.24) is 0 Å². The summed E-state index contributed by atoms with van der Waals surface area (Å²) >= 11 is 0. The molecule has 1 aliphatic carbocycles. The van der Waals surface area contributed by atoms with Gasteiger partial charge in [-0.25, -0.2) is 9.59 Å². The maximum Gasteiger partial charge on any atom is 0.361 e. The van der Waals surface area contributed by atoms with Gasteiger partial charge in [0.25, 0.3) is 0 Å². The van der Waals surface area contributed by atoms with E-state index in [0.29, 0.717) is 29.6 Å². The molecule has 2 aliphatic rings. The summed E-state index contributed by atoms with van der Waals surface area (Å²) in [5.74, 6) is -0.909. The quantitative estimate of drug-likeness (QED) is 0.426. The van der Waals surface area contributed by atoms with Crippen molar-refractivity contribution in [3.05, 3.63) is 35.9 Å². The average molecular weight is 470 g/mol. The molecule has 1 unspecified atom stereocenters. The number of benzene rings is 1. The minimum Gasteiger partial charge on any atom is -1.00 e. The van der Waals surface area contributed by atoms with Crippen LogP contribution in [-0.2, 0) is 24.7 Å². The Bertz CT molecular complexity index is 694. The van der Waals surface area contributed by atoms with E-state index in [1.54, 1.807) is 19.1 Å². The second-order valence-corrected chi connectivity index (χ2v) is 8.42. The number of hydrogen-bond acceptors (Lipinski definition) is 5. The Labute approximate surface area is 183 Å². The lowest BCUT2D eigenvalue weighted by Gasteiger charge is -2.33. The third-order valence-corrected chi connectivity index (χ3v) is 6.20. The highest BCUT2D eigenvalue weighted by molar-refractivity contribution is 5.81. The van der Waals surface area contributed by atoms with Gasteiger partial charge in [-0.05, 0) is 25.3 Å². The summed E-state index contributed by atoms with van der Waals surface area (Å²) in [5.41, 5.74) is -1.00. The highest BCUT2D eigenvalue weighted by Crippen LogP contribution is 2.42. The fraction of sp³-hybridized carbons (Fsp3) is 0.636. The number of likely N-dealkylation sites (tertiary alicyclic amines) is 1. The Hall–Kier alpha value is -1.44. The van der Waals surface area contributed by atoms with Crippen molar-refractivity contribution < 1.29 is 45.6 Å². The van der Waals surface area contributed by atoms with E-state index in [4.69, 9.17) is 9.47 Å². The maximum atomic E-state index is 13.2. The minimum absolute atomic E-state index is 0. The van der Waals surface area contributed by atoms with E-state index in [9.17, 15) is 14.7 Å². The van der Waals surface area contributed by atoms with E-state index in [-0.39, 0.29) is 41.5 Å². The summed E-state index contributed by atoms with van der Waals surface area (Å²) in [6.45, 7) is 3.72. The molecule has 1 aliphatic heterocycles. The number of likely N-dealkylation sites (N-methyl/N-ethyl adjacent to an activating group) is 1. The number of hydrogen-bond donors (Lipinski definition) is 1. The van der Waals surface area contributed by atoms with Crippen LogP contribution in [0.5, 0.6) is 0 Å². The van der Waals surface area contributed by atoms with Crippen LogP contribution in [0.15, 0.2) is 30.3 Å². The fourth-order valence-corrected chi connectivity index (χ4v) is 4.69. The molecule has 0 spiro atoms. The highest BCUT2D eigenvalue weighted by atomic mass is 79.9. The molecule has 1 heterocycles. The van der Waals surface area contributed by atoms with Crippen molar-refractivity contribution in [2.24, 2.45) is 5.92 Å². The summed E-state index contributed by atoms with van der Waals surface area (Å²) in [7, 11) is 1.98. The summed E-state index contributed by atoms with van der Waals surface area (Å²) in [5, 5.41) is 11.5. The van der Waals surface area contributed by atoms with Gasteiger partial charge >= 0.3 is 11.9 Å². The third kappa shape index (κ3) is 5.38. The van der Waals surface area contributed by atoms with Crippen LogP contribution in [0.3, 0.4) is 0 Å². The molecular weight excluding hydrogens is 438 g/mol. The first-order chi connectivity index (χ1) is 13.4. The van der Waals surface area contributed by atoms with Gasteiger partial charge < -0.3 is 36.0 Å². The van der Waals surface area contributed by atoms with Crippen LogP contribution in [0.25, 0.3) is 0 Å². The van der Waals surface area contributed by atoms with Crippen molar-refractivity contribution in [2.75, 3.05) is 33.3 Å². The van der Waals surface area contributed by atoms with E-state index < -0.39 is 11.6 Å². The van der Waals surface area contributed by atoms with Crippen LogP contribution < -0.4 is 17.0 Å². The number of rotatable bonds is 7. The van der Waals surface area contributed by atoms with E-state index in [2.05, 4.69) is 0 Å². The normalized spacial score (nSPS) is 26.4. The van der Waals surface area contributed by atoms with Crippen LogP contribution in [0.1, 0.15) is 44.6 Å². The Morgan fingerprint density at radius 2 is 1.83 bits per heavy atom. The zero-order valence-electron chi connectivity index (χ0n) is 17.3. The smallest absolute Gasteiger partial charge is 0.361 e. The van der Waals surface area contributed by atoms with Crippen molar-refractivity contribution in [1.29, 1.82) is 0 Å². The van der Waals surface area contributed by atoms with E-state index in [1.165, 1.54) is 0 Å². The summed E-state index contributed by atoms with van der Waals surface area (Å²) in [4.78, 5) is 25.0. The lowest BCUT2D eigenvalue weighted by atomic mass is 9.80. The molecule has 0 radical (unpaired) electrons. The van der Waals surface area contributed by atoms with Gasteiger partial charge in [-0.15, -0.1) is 0 Å². The number of carbonyl (C=O) groups is 2. The molecule has 0 amide bonds. The first-order valence-corrected chi connectivity index (χ1v) is 10.4. The predicted molar refractivity (Wildman–Crippen MR) is 104 cm³/mol. The first-order valence-electron chi connectivity index (χ1n) is 10.4. The van der Waals surface area contributed by atoms with Gasteiger partial charge in [0, 0.05) is 12.3 Å². The van der Waals surface area contributed by atoms with Gasteiger partial charge in [0.05, 0.1) is 20.2 Å². The molecular formula is C22H32BrNO5. The minimum atomic E-state index is -1.61. The van der Waals surface area contributed by atoms with Gasteiger partial charge in [0.2, 0.25) is 0 Å². The van der Waals surface area contributed by atoms with E-state index in [0.717, 1.165) is 32.2 Å². The number of aliphatic hydroxyl groups is 1. The Balaban J connectivity index is 0.00000300. The van der Waals surface area contributed by atoms with E-state index in [1.807, 2.05) is 25.2 Å². The number of carbonyl (C=O) groups excluding carboxylic acids is 2. The number of ether oxygens (including phenoxy) is 2. The highest BCUT2D eigenvalue weighted by Gasteiger charge is 2.50. The third-order valence-electron chi connectivity index (χ3n) is 6.20. The maximum absolute atomic E-state index is 13.2. The number of quaternary nitrogens is 1. The summed E-state index contributed by atoms with van der Waals surface area (Å²) in [6.07, 6.45) is 4.06. The van der Waals surface area contributed by atoms with Gasteiger partial charge in [-0.2, -0.15) is 0 Å². The molecule has 1 N–H and O–H groups in total. The molecule has 29 heavy (non-hydrogen) atoms. The zero-order chi connectivity index (χ0) is 20.2. The van der Waals surface area contributed by atoms with Gasteiger partial charge in [0.15, 0.2) is 18.2 Å². The monoisotopic (exact) mass is 469 g/mol. The van der Waals surface area contributed by atoms with Gasteiger partial charge in [-0.1, -0.05) is 43.2 Å². The fourth-order valence-electron chi connectivity index (χ4n) is 4.69. The van der Waals surface area contributed by atoms with Crippen LogP contribution in [0, 0.1) is 5.92 Å². The standard InChI is InChI=1S/C22H32NO5.BrH/c1-3-27-20(24)16-23(2)14-13-19(15-23)28-21(25)22(26,18-11-7-8-12-18)17-9-5-4-6-10-17;/h4-6,9-10,18-19,26H,3,7-8,11-16H2,1-2H3;1H/q+1;/p-1/t19-,22+,23?;/m1./s1. The van der Waals surface area contributed by atoms with Gasteiger partial charge in [-0.3, -0.25) is 0 Å². The molecule has 1 saturated carbocycles. The summed E-state index contributed by atoms with van der Waals surface area (Å²) < 4.78 is 11.4. The van der Waals surface area contributed by atoms with Gasteiger partial charge in [0.1, 0.15) is 6.54 Å². The van der Waals surface area contributed by atoms with Crippen molar-refractivity contribution in [3.8, 4) is 0 Å². The molecule has 2 fully saturated rings. The molecule has 7 heteroatoms. The van der Waals surface area contributed by atoms with Crippen LogP contribution >= 0.6 is 0 Å². The van der Waals surface area contributed by atoms with E-state index >= 15 is 0 Å². The van der Waals surface area contributed by atoms with Crippen molar-refractivity contribution in [2.45, 2.75) is 50.7 Å². The summed E-state index contributed by atoms with van der Waals surface area (Å²) in [6, 6.07) is 9.15. The largest absolute Gasteiger partial charge is 1.00 e. The van der Waals surface area contributed by atoms with Crippen LogP contribution in [-0.4, -0.2) is 60.9 Å².